The number of phenols is 1. The van der Waals surface area contributed by atoms with Crippen molar-refractivity contribution in [3.8, 4) is 16.9 Å². The lowest BCUT2D eigenvalue weighted by Crippen LogP contribution is -2.00. The van der Waals surface area contributed by atoms with Crippen LogP contribution in [-0.2, 0) is 0 Å². The van der Waals surface area contributed by atoms with E-state index in [0.717, 1.165) is 6.07 Å². The quantitative estimate of drug-likeness (QED) is 0.890. The highest BCUT2D eigenvalue weighted by atomic mass is 79.9. The van der Waals surface area contributed by atoms with Crippen LogP contribution in [0.15, 0.2) is 40.9 Å². The van der Waals surface area contributed by atoms with E-state index < -0.39 is 11.8 Å². The second-order valence-electron chi connectivity index (χ2n) is 3.70. The van der Waals surface area contributed by atoms with Gasteiger partial charge in [-0.15, -0.1) is 0 Å². The zero-order valence-corrected chi connectivity index (χ0v) is 10.6. The summed E-state index contributed by atoms with van der Waals surface area (Å²) in [5, 5.41) is 18.2. The van der Waals surface area contributed by atoms with Crippen molar-refractivity contribution >= 4 is 21.9 Å². The number of carboxylic acids is 1. The Hall–Kier alpha value is -1.88. The maximum Gasteiger partial charge on any atom is 0.338 e. The van der Waals surface area contributed by atoms with Crippen LogP contribution in [-0.4, -0.2) is 16.2 Å². The predicted molar refractivity (Wildman–Crippen MR) is 68.2 cm³/mol. The molecule has 0 saturated carbocycles. The molecule has 0 unspecified atom stereocenters. The topological polar surface area (TPSA) is 57.5 Å². The normalized spacial score (nSPS) is 10.3. The van der Waals surface area contributed by atoms with Crippen molar-refractivity contribution in [2.75, 3.05) is 0 Å². The summed E-state index contributed by atoms with van der Waals surface area (Å²) in [5.41, 5.74) is 0.713. The molecule has 2 rings (SSSR count). The van der Waals surface area contributed by atoms with Gasteiger partial charge in [0.05, 0.1) is 5.56 Å². The number of aromatic hydroxyl groups is 1. The highest BCUT2D eigenvalue weighted by molar-refractivity contribution is 9.10. The van der Waals surface area contributed by atoms with Gasteiger partial charge in [0.1, 0.15) is 11.6 Å². The highest BCUT2D eigenvalue weighted by Gasteiger charge is 2.11. The summed E-state index contributed by atoms with van der Waals surface area (Å²) in [6.45, 7) is 0. The number of aromatic carboxylic acids is 1. The molecule has 2 N–H and O–H groups in total. The summed E-state index contributed by atoms with van der Waals surface area (Å²) in [6.07, 6.45) is 0. The molecule has 0 amide bonds. The predicted octanol–water partition coefficient (Wildman–Crippen LogP) is 3.66. The number of phenolic OH excluding ortho intramolecular Hbond substituents is 1. The van der Waals surface area contributed by atoms with Crippen molar-refractivity contribution < 1.29 is 19.4 Å². The van der Waals surface area contributed by atoms with Crippen LogP contribution in [0, 0.1) is 5.82 Å². The molecule has 0 spiro atoms. The van der Waals surface area contributed by atoms with Crippen molar-refractivity contribution in [1.82, 2.24) is 0 Å². The van der Waals surface area contributed by atoms with E-state index >= 15 is 0 Å². The first-order valence-corrected chi connectivity index (χ1v) is 5.79. The Bertz CT molecular complexity index is 605. The van der Waals surface area contributed by atoms with Gasteiger partial charge in [-0.1, -0.05) is 22.0 Å². The van der Waals surface area contributed by atoms with Gasteiger partial charge in [0.15, 0.2) is 0 Å². The second-order valence-corrected chi connectivity index (χ2v) is 4.61. The van der Waals surface area contributed by atoms with Crippen molar-refractivity contribution in [2.24, 2.45) is 0 Å². The van der Waals surface area contributed by atoms with Crippen LogP contribution in [0.4, 0.5) is 4.39 Å². The number of carboxylic acid groups (broad SMARTS) is 1. The standard InChI is InChI=1S/C13H8BrFO3/c14-9-3-8(4-10(16)6-9)7-1-2-11(13(17)18)12(15)5-7/h1-6,16H,(H,17,18). The van der Waals surface area contributed by atoms with Gasteiger partial charge < -0.3 is 10.2 Å². The minimum absolute atomic E-state index is 0.0436. The summed E-state index contributed by atoms with van der Waals surface area (Å²) in [6, 6.07) is 8.50. The number of benzene rings is 2. The average Bonchev–Trinajstić information content (AvgIpc) is 2.26. The monoisotopic (exact) mass is 310 g/mol. The van der Waals surface area contributed by atoms with Gasteiger partial charge in [-0.05, 0) is 41.5 Å². The molecule has 0 heterocycles. The van der Waals surface area contributed by atoms with Crippen molar-refractivity contribution in [3.05, 3.63) is 52.3 Å². The summed E-state index contributed by atoms with van der Waals surface area (Å²) in [4.78, 5) is 10.7. The van der Waals surface area contributed by atoms with Crippen LogP contribution >= 0.6 is 15.9 Å². The molecule has 2 aromatic rings. The Morgan fingerprint density at radius 3 is 2.39 bits per heavy atom. The fourth-order valence-electron chi connectivity index (χ4n) is 1.61. The van der Waals surface area contributed by atoms with E-state index in [1.54, 1.807) is 6.07 Å². The first-order valence-electron chi connectivity index (χ1n) is 5.00. The maximum atomic E-state index is 13.5. The molecule has 0 saturated heterocycles. The number of hydrogen-bond acceptors (Lipinski definition) is 2. The molecule has 0 aliphatic carbocycles. The summed E-state index contributed by atoms with van der Waals surface area (Å²) in [7, 11) is 0. The van der Waals surface area contributed by atoms with E-state index in [1.165, 1.54) is 24.3 Å². The van der Waals surface area contributed by atoms with Crippen LogP contribution in [0.25, 0.3) is 11.1 Å². The van der Waals surface area contributed by atoms with Gasteiger partial charge in [-0.25, -0.2) is 9.18 Å². The minimum atomic E-state index is -1.31. The Balaban J connectivity index is 2.52. The van der Waals surface area contributed by atoms with Crippen LogP contribution < -0.4 is 0 Å². The van der Waals surface area contributed by atoms with Crippen LogP contribution in [0.2, 0.25) is 0 Å². The van der Waals surface area contributed by atoms with Gasteiger partial charge in [0.2, 0.25) is 0 Å². The third-order valence-corrected chi connectivity index (χ3v) is 2.87. The Morgan fingerprint density at radius 2 is 1.83 bits per heavy atom. The van der Waals surface area contributed by atoms with Gasteiger partial charge in [0.25, 0.3) is 0 Å². The summed E-state index contributed by atoms with van der Waals surface area (Å²) in [5.74, 6) is -2.07. The molecular weight excluding hydrogens is 303 g/mol. The molecule has 18 heavy (non-hydrogen) atoms. The molecule has 0 aromatic heterocycles. The van der Waals surface area contributed by atoms with Crippen molar-refractivity contribution in [1.29, 1.82) is 0 Å². The van der Waals surface area contributed by atoms with Gasteiger partial charge in [-0.2, -0.15) is 0 Å². The van der Waals surface area contributed by atoms with Crippen molar-refractivity contribution in [2.45, 2.75) is 0 Å². The largest absolute Gasteiger partial charge is 0.508 e. The number of halogens is 2. The van der Waals surface area contributed by atoms with E-state index in [-0.39, 0.29) is 11.3 Å². The number of rotatable bonds is 2. The third-order valence-electron chi connectivity index (χ3n) is 2.42. The molecule has 0 bridgehead atoms. The van der Waals surface area contributed by atoms with E-state index in [2.05, 4.69) is 15.9 Å². The molecule has 0 radical (unpaired) electrons. The van der Waals surface area contributed by atoms with Gasteiger partial charge in [-0.3, -0.25) is 0 Å². The van der Waals surface area contributed by atoms with Gasteiger partial charge >= 0.3 is 5.97 Å². The van der Waals surface area contributed by atoms with Crippen LogP contribution in [0.5, 0.6) is 5.75 Å². The zero-order valence-electron chi connectivity index (χ0n) is 9.02. The van der Waals surface area contributed by atoms with E-state index in [9.17, 15) is 14.3 Å². The maximum absolute atomic E-state index is 13.5. The number of carbonyl (C=O) groups is 1. The SMILES string of the molecule is O=C(O)c1ccc(-c2cc(O)cc(Br)c2)cc1F. The first kappa shape index (κ1) is 12.6. The van der Waals surface area contributed by atoms with Crippen LogP contribution in [0.1, 0.15) is 10.4 Å². The van der Waals surface area contributed by atoms with Gasteiger partial charge in [0, 0.05) is 4.47 Å². The Morgan fingerprint density at radius 1 is 1.11 bits per heavy atom. The summed E-state index contributed by atoms with van der Waals surface area (Å²) >= 11 is 3.22. The lowest BCUT2D eigenvalue weighted by atomic mass is 10.0. The fraction of sp³-hybridized carbons (Fsp3) is 0. The molecule has 0 aliphatic rings. The smallest absolute Gasteiger partial charge is 0.338 e. The molecule has 3 nitrogen and oxygen atoms in total. The van der Waals surface area contributed by atoms with Crippen molar-refractivity contribution in [3.63, 3.8) is 0 Å². The van der Waals surface area contributed by atoms with E-state index in [0.29, 0.717) is 15.6 Å². The Labute approximate surface area is 111 Å². The molecule has 0 atom stereocenters. The second kappa shape index (κ2) is 4.78. The van der Waals surface area contributed by atoms with E-state index in [4.69, 9.17) is 5.11 Å². The van der Waals surface area contributed by atoms with Crippen LogP contribution in [0.3, 0.4) is 0 Å². The third kappa shape index (κ3) is 2.51. The Kier molecular flexibility index (Phi) is 3.34. The lowest BCUT2D eigenvalue weighted by molar-refractivity contribution is 0.0692. The van der Waals surface area contributed by atoms with E-state index in [1.807, 2.05) is 0 Å². The highest BCUT2D eigenvalue weighted by Crippen LogP contribution is 2.29. The molecule has 0 aliphatic heterocycles. The average molecular weight is 311 g/mol. The summed E-state index contributed by atoms with van der Waals surface area (Å²) < 4.78 is 14.2. The molecule has 0 fully saturated rings. The fourth-order valence-corrected chi connectivity index (χ4v) is 2.09. The number of hydrogen-bond donors (Lipinski definition) is 2. The molecule has 92 valence electrons. The minimum Gasteiger partial charge on any atom is -0.508 e. The molecule has 5 heteroatoms. The lowest BCUT2D eigenvalue weighted by Gasteiger charge is -2.05. The zero-order chi connectivity index (χ0) is 13.3. The first-order chi connectivity index (χ1) is 8.47. The molecule has 2 aromatic carbocycles. The molecular formula is C13H8BrFO3.